The van der Waals surface area contributed by atoms with Gasteiger partial charge >= 0.3 is 0 Å². The Bertz CT molecular complexity index is 427. The Morgan fingerprint density at radius 2 is 1.89 bits per heavy atom. The molecule has 0 aliphatic heterocycles. The van der Waals surface area contributed by atoms with Crippen molar-refractivity contribution in [3.8, 4) is 0 Å². The fourth-order valence-corrected chi connectivity index (χ4v) is 1.43. The second kappa shape index (κ2) is 4.76. The molecule has 0 saturated carbocycles. The number of rotatable bonds is 4. The van der Waals surface area contributed by atoms with Crippen LogP contribution < -0.4 is 11.1 Å². The molecule has 1 aromatic rings. The maximum absolute atomic E-state index is 12.3. The van der Waals surface area contributed by atoms with Crippen LogP contribution in [-0.2, 0) is 4.79 Å². The average molecular weight is 252 g/mol. The van der Waals surface area contributed by atoms with Gasteiger partial charge in [0.1, 0.15) is 11.5 Å². The summed E-state index contributed by atoms with van der Waals surface area (Å²) in [6, 6.07) is 3.60. The molecular weight excluding hydrogens is 228 g/mol. The van der Waals surface area contributed by atoms with Crippen LogP contribution in [0.1, 0.15) is 52.2 Å². The van der Waals surface area contributed by atoms with Crippen molar-refractivity contribution in [2.75, 3.05) is 0 Å². The van der Waals surface area contributed by atoms with Crippen molar-refractivity contribution in [3.05, 3.63) is 23.7 Å². The predicted molar refractivity (Wildman–Crippen MR) is 72.1 cm³/mol. The number of amides is 1. The smallest absolute Gasteiger partial charge is 0.228 e. The average Bonchev–Trinajstić information content (AvgIpc) is 2.62. The van der Waals surface area contributed by atoms with Gasteiger partial charge < -0.3 is 15.5 Å². The van der Waals surface area contributed by atoms with E-state index in [-0.39, 0.29) is 11.9 Å². The van der Waals surface area contributed by atoms with Crippen LogP contribution in [0.3, 0.4) is 0 Å². The van der Waals surface area contributed by atoms with Crippen LogP contribution in [0.5, 0.6) is 0 Å². The number of furan rings is 1. The quantitative estimate of drug-likeness (QED) is 0.865. The highest BCUT2D eigenvalue weighted by Gasteiger charge is 2.40. The van der Waals surface area contributed by atoms with E-state index in [0.717, 1.165) is 11.5 Å². The summed E-state index contributed by atoms with van der Waals surface area (Å²) >= 11 is 0. The fourth-order valence-electron chi connectivity index (χ4n) is 1.43. The van der Waals surface area contributed by atoms with E-state index in [1.165, 1.54) is 0 Å². The third-order valence-corrected chi connectivity index (χ3v) is 3.71. The molecule has 0 spiro atoms. The molecule has 1 rings (SSSR count). The molecule has 0 fully saturated rings. The molecule has 0 bridgehead atoms. The monoisotopic (exact) mass is 252 g/mol. The first-order chi connectivity index (χ1) is 8.05. The third kappa shape index (κ3) is 2.93. The van der Waals surface area contributed by atoms with Crippen molar-refractivity contribution in [2.24, 2.45) is 11.1 Å². The molecule has 1 aromatic heterocycles. The summed E-state index contributed by atoms with van der Waals surface area (Å²) in [7, 11) is 0. The van der Waals surface area contributed by atoms with Gasteiger partial charge in [-0.05, 0) is 53.7 Å². The second-order valence-corrected chi connectivity index (χ2v) is 5.99. The molecule has 1 amide bonds. The molecular formula is C14H24N2O2. The van der Waals surface area contributed by atoms with Gasteiger partial charge in [0.2, 0.25) is 5.91 Å². The van der Waals surface area contributed by atoms with Crippen molar-refractivity contribution in [1.29, 1.82) is 0 Å². The predicted octanol–water partition coefficient (Wildman–Crippen LogP) is 2.53. The number of hydrogen-bond donors (Lipinski definition) is 2. The summed E-state index contributed by atoms with van der Waals surface area (Å²) in [5.74, 6) is 1.52. The van der Waals surface area contributed by atoms with E-state index < -0.39 is 11.0 Å². The summed E-state index contributed by atoms with van der Waals surface area (Å²) in [6.07, 6.45) is 0. The summed E-state index contributed by atoms with van der Waals surface area (Å²) in [5.41, 5.74) is 4.81. The minimum Gasteiger partial charge on any atom is -0.464 e. The van der Waals surface area contributed by atoms with Gasteiger partial charge in [-0.3, -0.25) is 4.79 Å². The standard InChI is InChI=1S/C14H24N2O2/c1-9-7-8-11(18-9)10(2)16-12(17)13(3,4)14(5,6)15/h7-8,10H,15H2,1-6H3,(H,16,17). The molecule has 18 heavy (non-hydrogen) atoms. The van der Waals surface area contributed by atoms with E-state index in [4.69, 9.17) is 10.2 Å². The topological polar surface area (TPSA) is 68.3 Å². The van der Waals surface area contributed by atoms with Crippen molar-refractivity contribution in [3.63, 3.8) is 0 Å². The Morgan fingerprint density at radius 3 is 2.28 bits per heavy atom. The zero-order valence-electron chi connectivity index (χ0n) is 12.1. The van der Waals surface area contributed by atoms with E-state index in [2.05, 4.69) is 5.32 Å². The van der Waals surface area contributed by atoms with Gasteiger partial charge in [0, 0.05) is 5.54 Å². The highest BCUT2D eigenvalue weighted by atomic mass is 16.3. The minimum absolute atomic E-state index is 0.0726. The van der Waals surface area contributed by atoms with Gasteiger partial charge in [0.25, 0.3) is 0 Å². The summed E-state index contributed by atoms with van der Waals surface area (Å²) in [5, 5.41) is 2.94. The first-order valence-corrected chi connectivity index (χ1v) is 6.22. The van der Waals surface area contributed by atoms with Crippen molar-refractivity contribution < 1.29 is 9.21 Å². The molecule has 3 N–H and O–H groups in total. The second-order valence-electron chi connectivity index (χ2n) is 5.99. The van der Waals surface area contributed by atoms with Crippen LogP contribution >= 0.6 is 0 Å². The molecule has 1 atom stereocenters. The van der Waals surface area contributed by atoms with Gasteiger partial charge in [-0.25, -0.2) is 0 Å². The number of carbonyl (C=O) groups is 1. The fraction of sp³-hybridized carbons (Fsp3) is 0.643. The molecule has 4 heteroatoms. The minimum atomic E-state index is -0.650. The Balaban J connectivity index is 2.77. The first-order valence-electron chi connectivity index (χ1n) is 6.22. The highest BCUT2D eigenvalue weighted by molar-refractivity contribution is 5.83. The summed E-state index contributed by atoms with van der Waals surface area (Å²) < 4.78 is 5.50. The zero-order valence-corrected chi connectivity index (χ0v) is 12.1. The number of carbonyl (C=O) groups excluding carboxylic acids is 1. The number of hydrogen-bond acceptors (Lipinski definition) is 3. The van der Waals surface area contributed by atoms with Crippen LogP contribution in [0.2, 0.25) is 0 Å². The van der Waals surface area contributed by atoms with E-state index in [1.54, 1.807) is 0 Å². The van der Waals surface area contributed by atoms with Gasteiger partial charge in [0.15, 0.2) is 0 Å². The van der Waals surface area contributed by atoms with Gasteiger partial charge in [-0.15, -0.1) is 0 Å². The molecule has 0 saturated heterocycles. The van der Waals surface area contributed by atoms with Gasteiger partial charge in [-0.1, -0.05) is 0 Å². The van der Waals surface area contributed by atoms with Crippen LogP contribution in [-0.4, -0.2) is 11.4 Å². The van der Waals surface area contributed by atoms with Gasteiger partial charge in [-0.2, -0.15) is 0 Å². The maximum Gasteiger partial charge on any atom is 0.228 e. The number of aryl methyl sites for hydroxylation is 1. The van der Waals surface area contributed by atoms with Gasteiger partial charge in [0.05, 0.1) is 11.5 Å². The van der Waals surface area contributed by atoms with Crippen molar-refractivity contribution >= 4 is 5.91 Å². The summed E-state index contributed by atoms with van der Waals surface area (Å²) in [6.45, 7) is 11.2. The molecule has 0 radical (unpaired) electrons. The van der Waals surface area contributed by atoms with Crippen LogP contribution in [0, 0.1) is 12.3 Å². The molecule has 102 valence electrons. The molecule has 0 aliphatic rings. The van der Waals surface area contributed by atoms with E-state index in [1.807, 2.05) is 53.7 Å². The highest BCUT2D eigenvalue weighted by Crippen LogP contribution is 2.29. The normalized spacial score (nSPS) is 14.4. The first kappa shape index (κ1) is 14.8. The van der Waals surface area contributed by atoms with E-state index >= 15 is 0 Å². The molecule has 4 nitrogen and oxygen atoms in total. The van der Waals surface area contributed by atoms with E-state index in [9.17, 15) is 4.79 Å². The van der Waals surface area contributed by atoms with E-state index in [0.29, 0.717) is 0 Å². The lowest BCUT2D eigenvalue weighted by Gasteiger charge is -2.37. The maximum atomic E-state index is 12.3. The van der Waals surface area contributed by atoms with Crippen molar-refractivity contribution in [1.82, 2.24) is 5.32 Å². The van der Waals surface area contributed by atoms with Crippen LogP contribution in [0.4, 0.5) is 0 Å². The molecule has 1 unspecified atom stereocenters. The Labute approximate surface area is 109 Å². The Morgan fingerprint density at radius 1 is 1.33 bits per heavy atom. The third-order valence-electron chi connectivity index (χ3n) is 3.71. The molecule has 0 aliphatic carbocycles. The number of nitrogens with one attached hydrogen (secondary N) is 1. The zero-order chi connectivity index (χ0) is 14.1. The number of nitrogens with two attached hydrogens (primary N) is 1. The lowest BCUT2D eigenvalue weighted by molar-refractivity contribution is -0.133. The summed E-state index contributed by atoms with van der Waals surface area (Å²) in [4.78, 5) is 12.3. The lowest BCUT2D eigenvalue weighted by atomic mass is 9.74. The lowest BCUT2D eigenvalue weighted by Crippen LogP contribution is -2.55. The molecule has 1 heterocycles. The Kier molecular flexibility index (Phi) is 3.91. The molecule has 0 aromatic carbocycles. The SMILES string of the molecule is Cc1ccc(C(C)NC(=O)C(C)(C)C(C)(C)N)o1. The van der Waals surface area contributed by atoms with Crippen LogP contribution in [0.25, 0.3) is 0 Å². The van der Waals surface area contributed by atoms with Crippen LogP contribution in [0.15, 0.2) is 16.5 Å². The largest absolute Gasteiger partial charge is 0.464 e. The Hall–Kier alpha value is -1.29. The van der Waals surface area contributed by atoms with Crippen molar-refractivity contribution in [2.45, 2.75) is 53.1 Å².